The molecule has 1 aromatic carbocycles. The van der Waals surface area contributed by atoms with Crippen molar-refractivity contribution in [3.8, 4) is 5.75 Å². The molecule has 5 nitrogen and oxygen atoms in total. The van der Waals surface area contributed by atoms with E-state index in [9.17, 15) is 9.90 Å². The number of aryl methyl sites for hydroxylation is 3. The van der Waals surface area contributed by atoms with Crippen molar-refractivity contribution >= 4 is 11.6 Å². The van der Waals surface area contributed by atoms with Crippen LogP contribution < -0.4 is 4.90 Å². The quantitative estimate of drug-likeness (QED) is 0.866. The summed E-state index contributed by atoms with van der Waals surface area (Å²) in [6, 6.07) is 5.34. The molecule has 5 heteroatoms. The van der Waals surface area contributed by atoms with Gasteiger partial charge >= 0.3 is 0 Å². The highest BCUT2D eigenvalue weighted by Crippen LogP contribution is 2.36. The van der Waals surface area contributed by atoms with Crippen molar-refractivity contribution in [2.45, 2.75) is 26.7 Å². The summed E-state index contributed by atoms with van der Waals surface area (Å²) >= 11 is 0. The molecule has 0 atom stereocenters. The van der Waals surface area contributed by atoms with Gasteiger partial charge in [0.1, 0.15) is 5.75 Å². The van der Waals surface area contributed by atoms with Crippen molar-refractivity contribution in [1.29, 1.82) is 0 Å². The number of aromatic nitrogens is 1. The van der Waals surface area contributed by atoms with Crippen LogP contribution in [0.2, 0.25) is 0 Å². The number of carbonyl (C=O) groups excluding carboxylic acids is 1. The molecule has 0 unspecified atom stereocenters. The van der Waals surface area contributed by atoms with Crippen LogP contribution in [0.25, 0.3) is 0 Å². The van der Waals surface area contributed by atoms with Gasteiger partial charge in [0, 0.05) is 13.5 Å². The second-order valence-electron chi connectivity index (χ2n) is 4.99. The maximum absolute atomic E-state index is 12.6. The van der Waals surface area contributed by atoms with Crippen LogP contribution in [0.1, 0.15) is 34.1 Å². The molecule has 1 aliphatic rings. The SMILES string of the molecule is Cc1nc(C)c(C(=O)N2CCCc3cccc(O)c32)o1. The molecule has 0 spiro atoms. The van der Waals surface area contributed by atoms with E-state index in [0.29, 0.717) is 23.8 Å². The third-order valence-electron chi connectivity index (χ3n) is 3.54. The molecule has 1 aliphatic heterocycles. The third-order valence-corrected chi connectivity index (χ3v) is 3.54. The van der Waals surface area contributed by atoms with Gasteiger partial charge in [-0.15, -0.1) is 0 Å². The number of rotatable bonds is 1. The number of phenols is 1. The number of fused-ring (bicyclic) bond motifs is 1. The Kier molecular flexibility index (Phi) is 2.97. The Bertz CT molecular complexity index is 676. The van der Waals surface area contributed by atoms with Gasteiger partial charge in [0.05, 0.1) is 11.4 Å². The number of aromatic hydroxyl groups is 1. The van der Waals surface area contributed by atoms with Crippen LogP contribution in [-0.4, -0.2) is 22.5 Å². The van der Waals surface area contributed by atoms with Crippen molar-refractivity contribution in [3.05, 3.63) is 41.1 Å². The lowest BCUT2D eigenvalue weighted by Gasteiger charge is -2.29. The summed E-state index contributed by atoms with van der Waals surface area (Å²) in [5.41, 5.74) is 2.16. The Hall–Kier alpha value is -2.30. The Morgan fingerprint density at radius 3 is 2.90 bits per heavy atom. The number of hydrogen-bond donors (Lipinski definition) is 1. The second kappa shape index (κ2) is 4.67. The molecule has 20 heavy (non-hydrogen) atoms. The number of para-hydroxylation sites is 1. The van der Waals surface area contributed by atoms with Crippen LogP contribution in [-0.2, 0) is 6.42 Å². The van der Waals surface area contributed by atoms with Crippen molar-refractivity contribution in [3.63, 3.8) is 0 Å². The largest absolute Gasteiger partial charge is 0.506 e. The van der Waals surface area contributed by atoms with E-state index in [1.54, 1.807) is 30.9 Å². The average Bonchev–Trinajstić information content (AvgIpc) is 2.77. The number of phenolic OH excluding ortho intramolecular Hbond substituents is 1. The summed E-state index contributed by atoms with van der Waals surface area (Å²) < 4.78 is 5.40. The fourth-order valence-corrected chi connectivity index (χ4v) is 2.69. The van der Waals surface area contributed by atoms with Gasteiger partial charge in [-0.2, -0.15) is 0 Å². The highest BCUT2D eigenvalue weighted by atomic mass is 16.4. The van der Waals surface area contributed by atoms with Crippen LogP contribution in [0, 0.1) is 13.8 Å². The van der Waals surface area contributed by atoms with Gasteiger partial charge in [0.2, 0.25) is 5.76 Å². The first kappa shape index (κ1) is 12.7. The molecule has 0 fully saturated rings. The molecule has 0 saturated heterocycles. The molecule has 2 heterocycles. The number of hydrogen-bond acceptors (Lipinski definition) is 4. The van der Waals surface area contributed by atoms with Gasteiger partial charge < -0.3 is 14.4 Å². The average molecular weight is 272 g/mol. The first-order valence-electron chi connectivity index (χ1n) is 6.64. The van der Waals surface area contributed by atoms with Gasteiger partial charge in [-0.1, -0.05) is 12.1 Å². The van der Waals surface area contributed by atoms with E-state index in [-0.39, 0.29) is 17.4 Å². The van der Waals surface area contributed by atoms with Crippen molar-refractivity contribution in [1.82, 2.24) is 4.98 Å². The second-order valence-corrected chi connectivity index (χ2v) is 4.99. The summed E-state index contributed by atoms with van der Waals surface area (Å²) in [7, 11) is 0. The lowest BCUT2D eigenvalue weighted by atomic mass is 10.0. The summed E-state index contributed by atoms with van der Waals surface area (Å²) in [6.45, 7) is 4.04. The van der Waals surface area contributed by atoms with Gasteiger partial charge in [-0.05, 0) is 31.4 Å². The van der Waals surface area contributed by atoms with E-state index in [0.717, 1.165) is 18.4 Å². The van der Waals surface area contributed by atoms with Gasteiger partial charge in [-0.25, -0.2) is 4.98 Å². The van der Waals surface area contributed by atoms with E-state index in [1.165, 1.54) is 0 Å². The maximum Gasteiger partial charge on any atom is 0.296 e. The first-order valence-corrected chi connectivity index (χ1v) is 6.64. The zero-order valence-corrected chi connectivity index (χ0v) is 11.5. The minimum Gasteiger partial charge on any atom is -0.506 e. The summed E-state index contributed by atoms with van der Waals surface area (Å²) in [4.78, 5) is 18.3. The number of nitrogens with zero attached hydrogens (tertiary/aromatic N) is 2. The minimum absolute atomic E-state index is 0.129. The lowest BCUT2D eigenvalue weighted by Crippen LogP contribution is -2.35. The topological polar surface area (TPSA) is 66.6 Å². The molecule has 3 rings (SSSR count). The molecular weight excluding hydrogens is 256 g/mol. The Labute approximate surface area is 116 Å². The fourth-order valence-electron chi connectivity index (χ4n) is 2.69. The lowest BCUT2D eigenvalue weighted by molar-refractivity contribution is 0.0955. The fraction of sp³-hybridized carbons (Fsp3) is 0.333. The normalized spacial score (nSPS) is 14.2. The monoisotopic (exact) mass is 272 g/mol. The molecule has 1 amide bonds. The number of oxazole rings is 1. The maximum atomic E-state index is 12.6. The van der Waals surface area contributed by atoms with E-state index in [2.05, 4.69) is 4.98 Å². The molecule has 0 saturated carbocycles. The third kappa shape index (κ3) is 1.95. The number of anilines is 1. The summed E-state index contributed by atoms with van der Waals surface area (Å²) in [5, 5.41) is 10.1. The molecule has 0 aliphatic carbocycles. The van der Waals surface area contributed by atoms with Crippen LogP contribution in [0.15, 0.2) is 22.6 Å². The first-order chi connectivity index (χ1) is 9.58. The summed E-state index contributed by atoms with van der Waals surface area (Å²) in [6.07, 6.45) is 1.73. The zero-order valence-electron chi connectivity index (χ0n) is 11.5. The van der Waals surface area contributed by atoms with Crippen molar-refractivity contribution in [2.75, 3.05) is 11.4 Å². The molecule has 2 aromatic rings. The predicted octanol–water partition coefficient (Wildman–Crippen LogP) is 2.59. The van der Waals surface area contributed by atoms with Crippen LogP contribution in [0.5, 0.6) is 5.75 Å². The predicted molar refractivity (Wildman–Crippen MR) is 74.1 cm³/mol. The number of benzene rings is 1. The van der Waals surface area contributed by atoms with Crippen LogP contribution >= 0.6 is 0 Å². The number of carbonyl (C=O) groups is 1. The molecule has 0 radical (unpaired) electrons. The Morgan fingerprint density at radius 1 is 1.40 bits per heavy atom. The van der Waals surface area contributed by atoms with Crippen molar-refractivity contribution < 1.29 is 14.3 Å². The molecular formula is C15H16N2O3. The smallest absolute Gasteiger partial charge is 0.296 e. The van der Waals surface area contributed by atoms with E-state index >= 15 is 0 Å². The van der Waals surface area contributed by atoms with Crippen LogP contribution in [0.3, 0.4) is 0 Å². The molecule has 1 N–H and O–H groups in total. The highest BCUT2D eigenvalue weighted by Gasteiger charge is 2.29. The molecule has 104 valence electrons. The molecule has 1 aromatic heterocycles. The summed E-state index contributed by atoms with van der Waals surface area (Å²) in [5.74, 6) is 0.606. The van der Waals surface area contributed by atoms with Gasteiger partial charge in [0.25, 0.3) is 5.91 Å². The van der Waals surface area contributed by atoms with E-state index in [4.69, 9.17) is 4.42 Å². The Balaban J connectivity index is 2.05. The zero-order chi connectivity index (χ0) is 14.3. The van der Waals surface area contributed by atoms with Crippen molar-refractivity contribution in [2.24, 2.45) is 0 Å². The van der Waals surface area contributed by atoms with Crippen LogP contribution in [0.4, 0.5) is 5.69 Å². The highest BCUT2D eigenvalue weighted by molar-refractivity contribution is 6.06. The molecule has 0 bridgehead atoms. The van der Waals surface area contributed by atoms with Gasteiger partial charge in [0.15, 0.2) is 5.89 Å². The van der Waals surface area contributed by atoms with E-state index in [1.807, 2.05) is 6.07 Å². The number of amides is 1. The van der Waals surface area contributed by atoms with E-state index < -0.39 is 0 Å². The minimum atomic E-state index is -0.245. The Morgan fingerprint density at radius 2 is 2.20 bits per heavy atom. The van der Waals surface area contributed by atoms with Gasteiger partial charge in [-0.3, -0.25) is 4.79 Å². The standard InChI is InChI=1S/C15H16N2O3/c1-9-14(20-10(2)16-9)15(19)17-8-4-6-11-5-3-7-12(18)13(11)17/h3,5,7,18H,4,6,8H2,1-2H3.